The first kappa shape index (κ1) is 17.9. The lowest BCUT2D eigenvalue weighted by atomic mass is 9.77. The van der Waals surface area contributed by atoms with E-state index in [4.69, 9.17) is 4.98 Å². The van der Waals surface area contributed by atoms with Gasteiger partial charge in [-0.05, 0) is 66.3 Å². The molecule has 1 amide bonds. The fourth-order valence-corrected chi connectivity index (χ4v) is 4.71. The standard InChI is InChI=1S/C21H23N7O/c1-15-22-11-18-7-9-21(19(18)24-15)8-2-10-27(13-21)20(29)17-5-3-16(4-6-17)12-28-14-23-25-26-28/h3-6,11,14H,2,7-10,12-13H2,1H3. The minimum Gasteiger partial charge on any atom is -0.338 e. The Morgan fingerprint density at radius 1 is 1.21 bits per heavy atom. The summed E-state index contributed by atoms with van der Waals surface area (Å²) < 4.78 is 1.66. The zero-order chi connectivity index (χ0) is 19.8. The van der Waals surface area contributed by atoms with E-state index in [-0.39, 0.29) is 11.3 Å². The Kier molecular flexibility index (Phi) is 4.34. The summed E-state index contributed by atoms with van der Waals surface area (Å²) >= 11 is 0. The molecule has 0 N–H and O–H groups in total. The maximum Gasteiger partial charge on any atom is 0.253 e. The van der Waals surface area contributed by atoms with Crippen LogP contribution in [0.4, 0.5) is 0 Å². The first-order chi connectivity index (χ1) is 14.1. The maximum absolute atomic E-state index is 13.2. The third-order valence-corrected chi connectivity index (χ3v) is 6.16. The van der Waals surface area contributed by atoms with Crippen molar-refractivity contribution in [2.24, 2.45) is 0 Å². The first-order valence-electron chi connectivity index (χ1n) is 10.0. The number of hydrogen-bond donors (Lipinski definition) is 0. The summed E-state index contributed by atoms with van der Waals surface area (Å²) in [6.45, 7) is 4.06. The topological polar surface area (TPSA) is 89.7 Å². The van der Waals surface area contributed by atoms with Crippen LogP contribution in [0.2, 0.25) is 0 Å². The lowest BCUT2D eigenvalue weighted by Gasteiger charge is -2.40. The molecule has 5 rings (SSSR count). The minimum absolute atomic E-state index is 0.0169. The van der Waals surface area contributed by atoms with E-state index < -0.39 is 0 Å². The van der Waals surface area contributed by atoms with Gasteiger partial charge in [-0.1, -0.05) is 12.1 Å². The molecule has 148 valence electrons. The molecule has 8 heteroatoms. The molecule has 0 radical (unpaired) electrons. The van der Waals surface area contributed by atoms with Gasteiger partial charge in [0.15, 0.2) is 0 Å². The predicted octanol–water partition coefficient (Wildman–Crippen LogP) is 1.94. The molecule has 0 saturated carbocycles. The molecule has 1 aromatic carbocycles. The summed E-state index contributed by atoms with van der Waals surface area (Å²) in [6.07, 6.45) is 7.70. The number of tetrazole rings is 1. The van der Waals surface area contributed by atoms with Gasteiger partial charge in [-0.3, -0.25) is 4.79 Å². The molecular weight excluding hydrogens is 366 g/mol. The summed E-state index contributed by atoms with van der Waals surface area (Å²) in [5.74, 6) is 0.906. The van der Waals surface area contributed by atoms with Gasteiger partial charge in [0.2, 0.25) is 0 Å². The molecule has 3 aromatic rings. The predicted molar refractivity (Wildman–Crippen MR) is 105 cm³/mol. The van der Waals surface area contributed by atoms with E-state index in [9.17, 15) is 4.79 Å². The number of carbonyl (C=O) groups is 1. The van der Waals surface area contributed by atoms with Crippen molar-refractivity contribution in [3.05, 3.63) is 65.0 Å². The van der Waals surface area contributed by atoms with E-state index in [1.54, 1.807) is 11.0 Å². The van der Waals surface area contributed by atoms with E-state index in [1.165, 1.54) is 11.3 Å². The van der Waals surface area contributed by atoms with Crippen molar-refractivity contribution in [3.63, 3.8) is 0 Å². The van der Waals surface area contributed by atoms with Crippen LogP contribution in [0.25, 0.3) is 0 Å². The Hall–Kier alpha value is -3.16. The molecule has 8 nitrogen and oxygen atoms in total. The number of carbonyl (C=O) groups excluding carboxylic acids is 1. The highest BCUT2D eigenvalue weighted by molar-refractivity contribution is 5.94. The Bertz CT molecular complexity index is 1030. The Labute approximate surface area is 169 Å². The van der Waals surface area contributed by atoms with Gasteiger partial charge in [0.1, 0.15) is 12.2 Å². The Balaban J connectivity index is 1.34. The van der Waals surface area contributed by atoms with Crippen molar-refractivity contribution in [1.82, 2.24) is 35.1 Å². The van der Waals surface area contributed by atoms with E-state index in [2.05, 4.69) is 20.5 Å². The SMILES string of the molecule is Cc1ncc2c(n1)C1(CCCN(C(=O)c3ccc(Cn4cnnn4)cc3)C1)CC2. The van der Waals surface area contributed by atoms with Gasteiger partial charge in [0.05, 0.1) is 12.2 Å². The molecule has 1 unspecified atom stereocenters. The van der Waals surface area contributed by atoms with Crippen molar-refractivity contribution in [1.29, 1.82) is 0 Å². The molecular formula is C21H23N7O. The largest absolute Gasteiger partial charge is 0.338 e. The highest BCUT2D eigenvalue weighted by atomic mass is 16.2. The smallest absolute Gasteiger partial charge is 0.253 e. The van der Waals surface area contributed by atoms with Crippen LogP contribution in [-0.2, 0) is 18.4 Å². The van der Waals surface area contributed by atoms with Crippen LogP contribution in [0.15, 0.2) is 36.8 Å². The lowest BCUT2D eigenvalue weighted by Crippen LogP contribution is -2.48. The molecule has 29 heavy (non-hydrogen) atoms. The molecule has 1 saturated heterocycles. The molecule has 1 spiro atoms. The monoisotopic (exact) mass is 389 g/mol. The van der Waals surface area contributed by atoms with Gasteiger partial charge in [-0.2, -0.15) is 0 Å². The van der Waals surface area contributed by atoms with E-state index in [0.717, 1.165) is 55.7 Å². The van der Waals surface area contributed by atoms with Gasteiger partial charge in [-0.15, -0.1) is 5.10 Å². The highest BCUT2D eigenvalue weighted by Crippen LogP contribution is 2.44. The second-order valence-electron chi connectivity index (χ2n) is 8.11. The normalized spacial score (nSPS) is 20.8. The maximum atomic E-state index is 13.2. The number of benzene rings is 1. The van der Waals surface area contributed by atoms with Crippen LogP contribution >= 0.6 is 0 Å². The van der Waals surface area contributed by atoms with Gasteiger partial charge in [0.25, 0.3) is 5.91 Å². The van der Waals surface area contributed by atoms with E-state index in [0.29, 0.717) is 6.54 Å². The number of fused-ring (bicyclic) bond motifs is 2. The Morgan fingerprint density at radius 3 is 2.86 bits per heavy atom. The molecule has 1 atom stereocenters. The third kappa shape index (κ3) is 3.28. The van der Waals surface area contributed by atoms with Gasteiger partial charge < -0.3 is 4.90 Å². The third-order valence-electron chi connectivity index (χ3n) is 6.16. The molecule has 2 aliphatic rings. The quantitative estimate of drug-likeness (QED) is 0.680. The minimum atomic E-state index is -0.0169. The molecule has 3 heterocycles. The molecule has 0 bridgehead atoms. The van der Waals surface area contributed by atoms with Crippen molar-refractivity contribution in [3.8, 4) is 0 Å². The van der Waals surface area contributed by atoms with Crippen LogP contribution in [-0.4, -0.2) is 54.1 Å². The average molecular weight is 389 g/mol. The van der Waals surface area contributed by atoms with Crippen molar-refractivity contribution >= 4 is 5.91 Å². The zero-order valence-electron chi connectivity index (χ0n) is 16.5. The highest BCUT2D eigenvalue weighted by Gasteiger charge is 2.44. The number of rotatable bonds is 3. The van der Waals surface area contributed by atoms with Crippen molar-refractivity contribution < 1.29 is 4.79 Å². The molecule has 1 aliphatic heterocycles. The Morgan fingerprint density at radius 2 is 2.07 bits per heavy atom. The van der Waals surface area contributed by atoms with Crippen LogP contribution in [0.1, 0.15) is 52.3 Å². The van der Waals surface area contributed by atoms with Crippen LogP contribution in [0.3, 0.4) is 0 Å². The number of amides is 1. The molecule has 1 aliphatic carbocycles. The zero-order valence-corrected chi connectivity index (χ0v) is 16.5. The van der Waals surface area contributed by atoms with E-state index >= 15 is 0 Å². The first-order valence-corrected chi connectivity index (χ1v) is 10.0. The van der Waals surface area contributed by atoms with Crippen LogP contribution in [0.5, 0.6) is 0 Å². The van der Waals surface area contributed by atoms with Crippen LogP contribution < -0.4 is 0 Å². The fourth-order valence-electron chi connectivity index (χ4n) is 4.71. The lowest BCUT2D eigenvalue weighted by molar-refractivity contribution is 0.0633. The number of likely N-dealkylation sites (tertiary alicyclic amines) is 1. The number of aryl methyl sites for hydroxylation is 2. The van der Waals surface area contributed by atoms with Crippen molar-refractivity contribution in [2.75, 3.05) is 13.1 Å². The van der Waals surface area contributed by atoms with E-state index in [1.807, 2.05) is 42.3 Å². The summed E-state index contributed by atoms with van der Waals surface area (Å²) in [7, 11) is 0. The summed E-state index contributed by atoms with van der Waals surface area (Å²) in [4.78, 5) is 24.3. The van der Waals surface area contributed by atoms with Gasteiger partial charge in [0, 0.05) is 30.3 Å². The second kappa shape index (κ2) is 7.02. The number of hydrogen-bond acceptors (Lipinski definition) is 6. The summed E-state index contributed by atoms with van der Waals surface area (Å²) in [6, 6.07) is 7.74. The van der Waals surface area contributed by atoms with Gasteiger partial charge >= 0.3 is 0 Å². The molecule has 1 fully saturated rings. The van der Waals surface area contributed by atoms with Crippen molar-refractivity contribution in [2.45, 2.75) is 44.6 Å². The second-order valence-corrected chi connectivity index (χ2v) is 8.11. The summed E-state index contributed by atoms with van der Waals surface area (Å²) in [5.41, 5.74) is 4.17. The average Bonchev–Trinajstić information content (AvgIpc) is 3.37. The number of nitrogens with zero attached hydrogens (tertiary/aromatic N) is 7. The summed E-state index contributed by atoms with van der Waals surface area (Å²) in [5, 5.41) is 11.2. The van der Waals surface area contributed by atoms with Gasteiger partial charge in [-0.25, -0.2) is 14.6 Å². The molecule has 2 aromatic heterocycles. The number of piperidine rings is 1. The fraction of sp³-hybridized carbons (Fsp3) is 0.429. The van der Waals surface area contributed by atoms with Crippen LogP contribution in [0, 0.1) is 6.92 Å². The number of aromatic nitrogens is 6.